The second kappa shape index (κ2) is 14.0. The smallest absolute Gasteiger partial charge is 0.261 e. The first-order chi connectivity index (χ1) is 21.7. The fourth-order valence-corrected chi connectivity index (χ4v) is 10.1. The molecule has 236 valence electrons. The number of methoxy groups -OCH3 is 1. The number of ether oxygens (including phenoxy) is 3. The molecular formula is C34H39FN4O5Si. The van der Waals surface area contributed by atoms with Crippen LogP contribution in [0.3, 0.4) is 0 Å². The average Bonchev–Trinajstić information content (AvgIpc) is 3.48. The monoisotopic (exact) mass is 630 g/mol. The van der Waals surface area contributed by atoms with Gasteiger partial charge >= 0.3 is 0 Å². The molecule has 0 bridgehead atoms. The van der Waals surface area contributed by atoms with E-state index in [2.05, 4.69) is 60.1 Å². The maximum Gasteiger partial charge on any atom is 0.261 e. The van der Waals surface area contributed by atoms with E-state index in [-0.39, 0.29) is 29.9 Å². The highest BCUT2D eigenvalue weighted by Gasteiger charge is 2.50. The first-order valence-electron chi connectivity index (χ1n) is 14.8. The Bertz CT molecular complexity index is 1660. The number of aliphatic hydroxyl groups excluding tert-OH is 1. The molecule has 0 spiro atoms. The number of rotatable bonds is 13. The van der Waals surface area contributed by atoms with E-state index in [1.54, 1.807) is 25.3 Å². The molecule has 11 heteroatoms. The molecule has 0 amide bonds. The van der Waals surface area contributed by atoms with Crippen LogP contribution >= 0.6 is 0 Å². The first kappa shape index (κ1) is 32.4. The van der Waals surface area contributed by atoms with Gasteiger partial charge in [0, 0.05) is 12.7 Å². The molecular weight excluding hydrogens is 591 g/mol. The lowest BCUT2D eigenvalue weighted by molar-refractivity contribution is -0.153. The van der Waals surface area contributed by atoms with Gasteiger partial charge in [-0.2, -0.15) is 5.10 Å². The van der Waals surface area contributed by atoms with Crippen molar-refractivity contribution >= 4 is 29.7 Å². The standard InChI is InChI=1S/C34H39FN4O5Si/c1-24-28(35)17-12-18-29(24)39-31-27(21-38-39)32(37-23-36-31)44-30(33(40)41-5)22-42-19-20-43-45(34(2,3)4,25-13-8-6-9-14-25)26-15-10-7-11-16-26/h6-18,21,23,30,33,40H,19-20,22H2,1-5H3. The predicted octanol–water partition coefficient (Wildman–Crippen LogP) is 4.57. The molecule has 2 atom stereocenters. The zero-order chi connectivity index (χ0) is 32.0. The fraction of sp³-hybridized carbons (Fsp3) is 0.324. The molecule has 0 fully saturated rings. The third-order valence-corrected chi connectivity index (χ3v) is 12.9. The van der Waals surface area contributed by atoms with Gasteiger partial charge in [0.05, 0.1) is 31.7 Å². The Kier molecular flexibility index (Phi) is 10.1. The lowest BCUT2D eigenvalue weighted by Gasteiger charge is -2.43. The molecule has 0 aliphatic carbocycles. The number of aromatic nitrogens is 4. The number of hydrogen-bond donors (Lipinski definition) is 1. The van der Waals surface area contributed by atoms with E-state index in [0.717, 1.165) is 0 Å². The van der Waals surface area contributed by atoms with Gasteiger partial charge in [0.2, 0.25) is 5.88 Å². The number of nitrogens with zero attached hydrogens (tertiary/aromatic N) is 4. The summed E-state index contributed by atoms with van der Waals surface area (Å²) in [5.74, 6) is -0.158. The van der Waals surface area contributed by atoms with Crippen LogP contribution in [0.15, 0.2) is 91.4 Å². The van der Waals surface area contributed by atoms with Crippen molar-refractivity contribution in [3.63, 3.8) is 0 Å². The number of hydrogen-bond acceptors (Lipinski definition) is 8. The van der Waals surface area contributed by atoms with Crippen molar-refractivity contribution in [2.75, 3.05) is 26.9 Å². The first-order valence-corrected chi connectivity index (χ1v) is 16.7. The topological polar surface area (TPSA) is 101 Å². The quantitative estimate of drug-likeness (QED) is 0.115. The number of fused-ring (bicyclic) bond motifs is 1. The van der Waals surface area contributed by atoms with Crippen LogP contribution in [0.1, 0.15) is 26.3 Å². The van der Waals surface area contributed by atoms with Gasteiger partial charge in [0.1, 0.15) is 17.5 Å². The third kappa shape index (κ3) is 6.68. The maximum atomic E-state index is 14.3. The Hall–Kier alpha value is -4.00. The van der Waals surface area contributed by atoms with E-state index >= 15 is 0 Å². The molecule has 5 aromatic rings. The summed E-state index contributed by atoms with van der Waals surface area (Å²) in [6.45, 7) is 8.94. The Morgan fingerprint density at radius 2 is 1.58 bits per heavy atom. The lowest BCUT2D eigenvalue weighted by atomic mass is 10.2. The van der Waals surface area contributed by atoms with Crippen molar-refractivity contribution in [3.8, 4) is 11.6 Å². The van der Waals surface area contributed by atoms with Crippen molar-refractivity contribution in [3.05, 3.63) is 103 Å². The summed E-state index contributed by atoms with van der Waals surface area (Å²) in [7, 11) is -1.33. The van der Waals surface area contributed by atoms with E-state index in [1.807, 2.05) is 36.4 Å². The molecule has 3 aromatic carbocycles. The molecule has 0 saturated heterocycles. The normalized spacial score (nSPS) is 13.6. The van der Waals surface area contributed by atoms with E-state index in [9.17, 15) is 9.50 Å². The minimum Gasteiger partial charge on any atom is -0.466 e. The molecule has 0 saturated carbocycles. The maximum absolute atomic E-state index is 14.3. The van der Waals surface area contributed by atoms with Crippen molar-refractivity contribution in [2.45, 2.75) is 45.1 Å². The molecule has 5 rings (SSSR count). The van der Waals surface area contributed by atoms with Crippen LogP contribution in [0.2, 0.25) is 5.04 Å². The fourth-order valence-electron chi connectivity index (χ4n) is 5.60. The summed E-state index contributed by atoms with van der Waals surface area (Å²) in [5.41, 5.74) is 1.41. The molecule has 2 heterocycles. The Morgan fingerprint density at radius 3 is 2.20 bits per heavy atom. The highest BCUT2D eigenvalue weighted by Crippen LogP contribution is 2.36. The van der Waals surface area contributed by atoms with Crippen LogP contribution in [-0.2, 0) is 13.9 Å². The van der Waals surface area contributed by atoms with E-state index in [0.29, 0.717) is 28.9 Å². The highest BCUT2D eigenvalue weighted by atomic mass is 28.4. The zero-order valence-electron chi connectivity index (χ0n) is 26.2. The van der Waals surface area contributed by atoms with Gasteiger partial charge in [0.15, 0.2) is 18.0 Å². The molecule has 0 radical (unpaired) electrons. The van der Waals surface area contributed by atoms with Crippen molar-refractivity contribution in [1.29, 1.82) is 0 Å². The summed E-state index contributed by atoms with van der Waals surface area (Å²) in [4.78, 5) is 8.63. The molecule has 0 aliphatic heterocycles. The predicted molar refractivity (Wildman–Crippen MR) is 173 cm³/mol. The van der Waals surface area contributed by atoms with Crippen LogP contribution < -0.4 is 15.1 Å². The summed E-state index contributed by atoms with van der Waals surface area (Å²) in [6.07, 6.45) is 0.664. The summed E-state index contributed by atoms with van der Waals surface area (Å²) in [6, 6.07) is 25.6. The molecule has 9 nitrogen and oxygen atoms in total. The van der Waals surface area contributed by atoms with E-state index < -0.39 is 20.7 Å². The molecule has 2 unspecified atom stereocenters. The average molecular weight is 631 g/mol. The molecule has 0 aliphatic rings. The van der Waals surface area contributed by atoms with Gasteiger partial charge in [-0.25, -0.2) is 19.0 Å². The largest absolute Gasteiger partial charge is 0.466 e. The van der Waals surface area contributed by atoms with Gasteiger partial charge in [-0.1, -0.05) is 87.5 Å². The Balaban J connectivity index is 1.31. The van der Waals surface area contributed by atoms with Crippen LogP contribution in [0.5, 0.6) is 5.88 Å². The summed E-state index contributed by atoms with van der Waals surface area (Å²) < 4.78 is 40.0. The summed E-state index contributed by atoms with van der Waals surface area (Å²) in [5, 5.41) is 17.7. The van der Waals surface area contributed by atoms with Gasteiger partial charge in [-0.05, 0) is 34.5 Å². The van der Waals surface area contributed by atoms with Crippen LogP contribution in [0, 0.1) is 12.7 Å². The van der Waals surface area contributed by atoms with Gasteiger partial charge in [-0.3, -0.25) is 0 Å². The van der Waals surface area contributed by atoms with Gasteiger partial charge in [-0.15, -0.1) is 0 Å². The van der Waals surface area contributed by atoms with Crippen molar-refractivity contribution in [1.82, 2.24) is 19.7 Å². The van der Waals surface area contributed by atoms with E-state index in [1.165, 1.54) is 34.6 Å². The number of halogens is 1. The second-order valence-electron chi connectivity index (χ2n) is 11.7. The lowest BCUT2D eigenvalue weighted by Crippen LogP contribution is -2.66. The molecule has 1 N–H and O–H groups in total. The number of benzene rings is 3. The third-order valence-electron chi connectivity index (χ3n) is 7.86. The van der Waals surface area contributed by atoms with Gasteiger partial charge < -0.3 is 23.7 Å². The van der Waals surface area contributed by atoms with Crippen LogP contribution in [-0.4, -0.2) is 72.5 Å². The minimum atomic E-state index is -2.72. The van der Waals surface area contributed by atoms with Crippen molar-refractivity contribution < 1.29 is 28.1 Å². The van der Waals surface area contributed by atoms with Crippen molar-refractivity contribution in [2.24, 2.45) is 0 Å². The number of aliphatic hydroxyl groups is 1. The summed E-state index contributed by atoms with van der Waals surface area (Å²) >= 11 is 0. The Labute approximate surface area is 263 Å². The van der Waals surface area contributed by atoms with Crippen LogP contribution in [0.25, 0.3) is 16.7 Å². The van der Waals surface area contributed by atoms with Crippen LogP contribution in [0.4, 0.5) is 4.39 Å². The van der Waals surface area contributed by atoms with E-state index in [4.69, 9.17) is 18.6 Å². The zero-order valence-corrected chi connectivity index (χ0v) is 27.2. The molecule has 2 aromatic heterocycles. The van der Waals surface area contributed by atoms with Gasteiger partial charge in [0.25, 0.3) is 8.32 Å². The Morgan fingerprint density at radius 1 is 0.911 bits per heavy atom. The molecule has 45 heavy (non-hydrogen) atoms. The SMILES string of the molecule is COC(O)C(COCCO[Si](c1ccccc1)(c1ccccc1)C(C)(C)C)Oc1ncnc2c1cnn2-c1cccc(F)c1C. The second-order valence-corrected chi connectivity index (χ2v) is 16.0. The minimum absolute atomic E-state index is 0.00174. The highest BCUT2D eigenvalue weighted by molar-refractivity contribution is 6.99.